The monoisotopic (exact) mass is 148 g/mol. The average Bonchev–Trinajstić information content (AvgIpc) is 1.94. The summed E-state index contributed by atoms with van der Waals surface area (Å²) >= 11 is 0. The van der Waals surface area contributed by atoms with Gasteiger partial charge >= 0.3 is 5.97 Å². The Labute approximate surface area is 64.7 Å². The van der Waals surface area contributed by atoms with Crippen LogP contribution in [0.4, 0.5) is 0 Å². The van der Waals surface area contributed by atoms with Gasteiger partial charge in [0.2, 0.25) is 0 Å². The predicted octanol–water partition coefficient (Wildman–Crippen LogP) is -0.116. The third-order valence-corrected chi connectivity index (χ3v) is 1.30. The highest BCUT2D eigenvalue weighted by Gasteiger charge is 2.08. The zero-order chi connectivity index (χ0) is 8.43. The number of aromatic hydroxyl groups is 1. The number of benzene rings is 1. The van der Waals surface area contributed by atoms with Crippen molar-refractivity contribution in [1.29, 1.82) is 0 Å². The average molecular weight is 148 g/mol. The molecule has 54 valence electrons. The number of para-hydroxylation sites is 1. The highest BCUT2D eigenvalue weighted by atomic mass is 16.4. The third kappa shape index (κ3) is 1.34. The summed E-state index contributed by atoms with van der Waals surface area (Å²) in [7, 11) is 5.25. The van der Waals surface area contributed by atoms with Crippen molar-refractivity contribution in [3.05, 3.63) is 23.8 Å². The molecule has 0 bridgehead atoms. The predicted molar refractivity (Wildman–Crippen MR) is 40.5 cm³/mol. The van der Waals surface area contributed by atoms with E-state index in [9.17, 15) is 4.79 Å². The van der Waals surface area contributed by atoms with E-state index in [2.05, 4.69) is 0 Å². The fraction of sp³-hybridized carbons (Fsp3) is 0. The van der Waals surface area contributed by atoms with Gasteiger partial charge in [0.25, 0.3) is 0 Å². The Bertz CT molecular complexity index is 296. The normalized spacial score (nSPS) is 9.45. The molecule has 2 radical (unpaired) electrons. The van der Waals surface area contributed by atoms with Crippen molar-refractivity contribution in [2.24, 2.45) is 0 Å². The fourth-order valence-corrected chi connectivity index (χ4v) is 0.734. The Hall–Kier alpha value is -1.45. The maximum absolute atomic E-state index is 10.4. The Kier molecular flexibility index (Phi) is 1.85. The number of hydrogen-bond acceptors (Lipinski definition) is 2. The number of carboxylic acid groups (broad SMARTS) is 1. The zero-order valence-corrected chi connectivity index (χ0v) is 5.61. The van der Waals surface area contributed by atoms with Crippen LogP contribution in [0.1, 0.15) is 10.4 Å². The molecule has 0 amide bonds. The minimum atomic E-state index is -1.19. The maximum atomic E-state index is 10.4. The van der Waals surface area contributed by atoms with Crippen molar-refractivity contribution in [2.75, 3.05) is 0 Å². The molecule has 0 aliphatic carbocycles. The lowest BCUT2D eigenvalue weighted by Crippen LogP contribution is -2.07. The summed E-state index contributed by atoms with van der Waals surface area (Å²) in [5.41, 5.74) is -0.102. The highest BCUT2D eigenvalue weighted by Crippen LogP contribution is 2.11. The second-order valence-corrected chi connectivity index (χ2v) is 2.05. The molecule has 2 N–H and O–H groups in total. The van der Waals surface area contributed by atoms with Gasteiger partial charge in [-0.15, -0.1) is 0 Å². The topological polar surface area (TPSA) is 57.5 Å². The standard InChI is InChI=1S/C7H5BO3/c8-5-3-1-2-4(6(5)9)7(10)11/h1-3,9H,(H,10,11). The first-order valence-corrected chi connectivity index (χ1v) is 2.93. The van der Waals surface area contributed by atoms with Crippen LogP contribution in [0, 0.1) is 0 Å². The van der Waals surface area contributed by atoms with Gasteiger partial charge in [0, 0.05) is 0 Å². The van der Waals surface area contributed by atoms with E-state index in [0.29, 0.717) is 0 Å². The fourth-order valence-electron chi connectivity index (χ4n) is 0.734. The van der Waals surface area contributed by atoms with Crippen LogP contribution in [0.15, 0.2) is 18.2 Å². The van der Waals surface area contributed by atoms with Crippen molar-refractivity contribution < 1.29 is 15.0 Å². The Morgan fingerprint density at radius 3 is 2.55 bits per heavy atom. The van der Waals surface area contributed by atoms with Gasteiger partial charge in [-0.05, 0) is 6.07 Å². The van der Waals surface area contributed by atoms with Crippen molar-refractivity contribution >= 4 is 19.3 Å². The van der Waals surface area contributed by atoms with Crippen molar-refractivity contribution in [1.82, 2.24) is 0 Å². The van der Waals surface area contributed by atoms with Crippen LogP contribution in [0.25, 0.3) is 0 Å². The Morgan fingerprint density at radius 2 is 2.09 bits per heavy atom. The molecule has 0 atom stereocenters. The molecule has 4 heteroatoms. The van der Waals surface area contributed by atoms with Crippen LogP contribution in [0.2, 0.25) is 0 Å². The molecule has 0 saturated heterocycles. The van der Waals surface area contributed by atoms with Crippen LogP contribution in [0.3, 0.4) is 0 Å². The summed E-state index contributed by atoms with van der Waals surface area (Å²) in [5, 5.41) is 17.5. The second kappa shape index (κ2) is 2.66. The van der Waals surface area contributed by atoms with Crippen LogP contribution in [-0.2, 0) is 0 Å². The summed E-state index contributed by atoms with van der Waals surface area (Å²) in [4.78, 5) is 10.4. The minimum absolute atomic E-state index is 0.0740. The van der Waals surface area contributed by atoms with Crippen molar-refractivity contribution in [3.63, 3.8) is 0 Å². The van der Waals surface area contributed by atoms with E-state index in [1.165, 1.54) is 18.2 Å². The summed E-state index contributed by atoms with van der Waals surface area (Å²) in [5.74, 6) is -1.56. The molecule has 0 heterocycles. The molecule has 0 aliphatic heterocycles. The van der Waals surface area contributed by atoms with E-state index in [1.807, 2.05) is 0 Å². The lowest BCUT2D eigenvalue weighted by atomic mass is 9.93. The Morgan fingerprint density at radius 1 is 1.45 bits per heavy atom. The number of phenols is 1. The third-order valence-electron chi connectivity index (χ3n) is 1.30. The first-order chi connectivity index (χ1) is 5.13. The largest absolute Gasteiger partial charge is 0.508 e. The van der Waals surface area contributed by atoms with Gasteiger partial charge in [-0.25, -0.2) is 4.79 Å². The molecular formula is C7H5BO3. The molecule has 1 aromatic rings. The second-order valence-electron chi connectivity index (χ2n) is 2.05. The zero-order valence-electron chi connectivity index (χ0n) is 5.61. The first kappa shape index (κ1) is 7.66. The summed E-state index contributed by atoms with van der Waals surface area (Å²) in [6.07, 6.45) is 0. The number of rotatable bonds is 1. The van der Waals surface area contributed by atoms with Gasteiger partial charge in [0.05, 0.1) is 0 Å². The summed E-state index contributed by atoms with van der Waals surface area (Å²) in [6, 6.07) is 4.19. The van der Waals surface area contributed by atoms with Gasteiger partial charge in [-0.3, -0.25) is 0 Å². The molecule has 3 nitrogen and oxygen atoms in total. The molecule has 0 fully saturated rings. The van der Waals surface area contributed by atoms with Crippen LogP contribution in [-0.4, -0.2) is 24.0 Å². The van der Waals surface area contributed by atoms with E-state index < -0.39 is 5.97 Å². The quantitative estimate of drug-likeness (QED) is 0.546. The summed E-state index contributed by atoms with van der Waals surface area (Å²) < 4.78 is 0. The first-order valence-electron chi connectivity index (χ1n) is 2.93. The number of carbonyl (C=O) groups is 1. The van der Waals surface area contributed by atoms with Crippen molar-refractivity contribution in [3.8, 4) is 5.75 Å². The molecular weight excluding hydrogens is 143 g/mol. The Balaban J connectivity index is 3.27. The van der Waals surface area contributed by atoms with Crippen molar-refractivity contribution in [2.45, 2.75) is 0 Å². The lowest BCUT2D eigenvalue weighted by Gasteiger charge is -2.01. The molecule has 1 rings (SSSR count). The van der Waals surface area contributed by atoms with E-state index in [1.54, 1.807) is 0 Å². The molecule has 11 heavy (non-hydrogen) atoms. The molecule has 0 aromatic heterocycles. The van der Waals surface area contributed by atoms with E-state index in [0.717, 1.165) is 0 Å². The van der Waals surface area contributed by atoms with E-state index in [-0.39, 0.29) is 16.8 Å². The van der Waals surface area contributed by atoms with Gasteiger partial charge in [0.15, 0.2) is 0 Å². The smallest absolute Gasteiger partial charge is 0.339 e. The van der Waals surface area contributed by atoms with E-state index >= 15 is 0 Å². The van der Waals surface area contributed by atoms with Crippen LogP contribution >= 0.6 is 0 Å². The molecule has 0 unspecified atom stereocenters. The lowest BCUT2D eigenvalue weighted by molar-refractivity contribution is 0.0694. The molecule has 0 saturated carbocycles. The minimum Gasteiger partial charge on any atom is -0.508 e. The highest BCUT2D eigenvalue weighted by molar-refractivity contribution is 6.34. The summed E-state index contributed by atoms with van der Waals surface area (Å²) in [6.45, 7) is 0. The SMILES string of the molecule is [B]c1cccc(C(=O)O)c1O. The van der Waals surface area contributed by atoms with Crippen LogP contribution in [0.5, 0.6) is 5.75 Å². The number of hydrogen-bond donors (Lipinski definition) is 2. The maximum Gasteiger partial charge on any atom is 0.339 e. The molecule has 0 aliphatic rings. The number of carboxylic acids is 1. The van der Waals surface area contributed by atoms with E-state index in [4.69, 9.17) is 18.1 Å². The number of aromatic carboxylic acids is 1. The van der Waals surface area contributed by atoms with Gasteiger partial charge in [-0.1, -0.05) is 17.6 Å². The van der Waals surface area contributed by atoms with Gasteiger partial charge in [0.1, 0.15) is 19.2 Å². The molecule has 0 spiro atoms. The van der Waals surface area contributed by atoms with Gasteiger partial charge < -0.3 is 10.2 Å². The van der Waals surface area contributed by atoms with Gasteiger partial charge in [-0.2, -0.15) is 0 Å². The molecule has 1 aromatic carbocycles. The van der Waals surface area contributed by atoms with Crippen LogP contribution < -0.4 is 5.46 Å².